The molecule has 110 valence electrons. The van der Waals surface area contributed by atoms with Gasteiger partial charge in [0.2, 0.25) is 5.91 Å². The van der Waals surface area contributed by atoms with E-state index in [1.54, 1.807) is 11.7 Å². The molecule has 0 atom stereocenters. The first-order valence-corrected chi connectivity index (χ1v) is 6.92. The van der Waals surface area contributed by atoms with Crippen LogP contribution in [0.15, 0.2) is 12.1 Å². The molecule has 3 rings (SSSR count). The highest BCUT2D eigenvalue weighted by molar-refractivity contribution is 6.08. The van der Waals surface area contributed by atoms with Crippen LogP contribution in [-0.4, -0.2) is 33.2 Å². The normalized spacial score (nSPS) is 15.9. The van der Waals surface area contributed by atoms with Crippen LogP contribution in [0, 0.1) is 0 Å². The summed E-state index contributed by atoms with van der Waals surface area (Å²) in [7, 11) is 1.80. The lowest BCUT2D eigenvalue weighted by molar-refractivity contribution is -0.120. The second kappa shape index (κ2) is 4.83. The van der Waals surface area contributed by atoms with Crippen molar-refractivity contribution in [2.45, 2.75) is 26.2 Å². The van der Waals surface area contributed by atoms with Gasteiger partial charge in [0.1, 0.15) is 0 Å². The molecule has 2 aromatic heterocycles. The Kier molecular flexibility index (Phi) is 3.12. The highest BCUT2D eigenvalue weighted by atomic mass is 16.2. The molecule has 1 aliphatic heterocycles. The standard InChI is InChI=1S/C14H17N5O2/c1-8(2)10-5-4-9-12(15-10)18(3)17-13(9)19-7-6-11(20)16-14(19)21/h4-5,8H,6-7H2,1-3H3,(H,16,20,21). The van der Waals surface area contributed by atoms with Crippen LogP contribution in [0.4, 0.5) is 10.6 Å². The van der Waals surface area contributed by atoms with E-state index in [0.29, 0.717) is 18.3 Å². The molecule has 0 unspecified atom stereocenters. The minimum Gasteiger partial charge on any atom is -0.278 e. The molecule has 3 amide bonds. The number of rotatable bonds is 2. The molecule has 1 aliphatic rings. The number of aryl methyl sites for hydroxylation is 1. The van der Waals surface area contributed by atoms with Crippen LogP contribution < -0.4 is 10.2 Å². The van der Waals surface area contributed by atoms with Crippen LogP contribution in [0.3, 0.4) is 0 Å². The number of aromatic nitrogens is 3. The molecule has 1 fully saturated rings. The molecule has 7 nitrogen and oxygen atoms in total. The number of amides is 3. The first-order chi connectivity index (χ1) is 9.97. The summed E-state index contributed by atoms with van der Waals surface area (Å²) < 4.78 is 1.67. The summed E-state index contributed by atoms with van der Waals surface area (Å²) in [5.41, 5.74) is 1.72. The molecule has 0 radical (unpaired) electrons. The lowest BCUT2D eigenvalue weighted by Crippen LogP contribution is -2.49. The molecule has 0 aromatic carbocycles. The summed E-state index contributed by atoms with van der Waals surface area (Å²) in [5, 5.41) is 7.52. The molecule has 0 saturated carbocycles. The highest BCUT2D eigenvalue weighted by Gasteiger charge is 2.28. The van der Waals surface area contributed by atoms with Crippen molar-refractivity contribution >= 4 is 28.8 Å². The molecular weight excluding hydrogens is 270 g/mol. The van der Waals surface area contributed by atoms with Crippen molar-refractivity contribution in [3.63, 3.8) is 0 Å². The van der Waals surface area contributed by atoms with E-state index in [2.05, 4.69) is 29.2 Å². The zero-order chi connectivity index (χ0) is 15.1. The number of hydrogen-bond acceptors (Lipinski definition) is 4. The number of pyridine rings is 1. The minimum atomic E-state index is -0.431. The van der Waals surface area contributed by atoms with Gasteiger partial charge < -0.3 is 0 Å². The van der Waals surface area contributed by atoms with Gasteiger partial charge in [0, 0.05) is 25.7 Å². The molecule has 0 aliphatic carbocycles. The van der Waals surface area contributed by atoms with Gasteiger partial charge in [-0.3, -0.25) is 15.0 Å². The van der Waals surface area contributed by atoms with Gasteiger partial charge in [-0.2, -0.15) is 5.10 Å². The number of carbonyl (C=O) groups excluding carboxylic acids is 2. The minimum absolute atomic E-state index is 0.253. The molecule has 21 heavy (non-hydrogen) atoms. The van der Waals surface area contributed by atoms with Crippen LogP contribution in [0.2, 0.25) is 0 Å². The smallest absolute Gasteiger partial charge is 0.278 e. The van der Waals surface area contributed by atoms with Crippen molar-refractivity contribution in [3.05, 3.63) is 17.8 Å². The van der Waals surface area contributed by atoms with E-state index in [1.165, 1.54) is 4.90 Å². The number of anilines is 1. The van der Waals surface area contributed by atoms with E-state index >= 15 is 0 Å². The second-order valence-corrected chi connectivity index (χ2v) is 5.46. The second-order valence-electron chi connectivity index (χ2n) is 5.46. The van der Waals surface area contributed by atoms with Gasteiger partial charge in [-0.25, -0.2) is 14.5 Å². The fraction of sp³-hybridized carbons (Fsp3) is 0.429. The molecule has 0 bridgehead atoms. The zero-order valence-corrected chi connectivity index (χ0v) is 12.3. The van der Waals surface area contributed by atoms with Crippen LogP contribution in [0.25, 0.3) is 11.0 Å². The molecule has 1 N–H and O–H groups in total. The average Bonchev–Trinajstić information content (AvgIpc) is 2.75. The third kappa shape index (κ3) is 2.24. The Morgan fingerprint density at radius 3 is 2.71 bits per heavy atom. The van der Waals surface area contributed by atoms with E-state index in [0.717, 1.165) is 16.7 Å². The van der Waals surface area contributed by atoms with E-state index in [9.17, 15) is 9.59 Å². The Morgan fingerprint density at radius 1 is 1.29 bits per heavy atom. The summed E-state index contributed by atoms with van der Waals surface area (Å²) in [6.07, 6.45) is 0.279. The maximum absolute atomic E-state index is 12.0. The number of urea groups is 1. The van der Waals surface area contributed by atoms with Crippen molar-refractivity contribution in [2.75, 3.05) is 11.4 Å². The quantitative estimate of drug-likeness (QED) is 0.908. The Balaban J connectivity index is 2.08. The summed E-state index contributed by atoms with van der Waals surface area (Å²) in [6, 6.07) is 3.45. The maximum atomic E-state index is 12.0. The summed E-state index contributed by atoms with van der Waals surface area (Å²) in [6.45, 7) is 4.49. The first-order valence-electron chi connectivity index (χ1n) is 6.92. The fourth-order valence-electron chi connectivity index (χ4n) is 2.41. The van der Waals surface area contributed by atoms with Gasteiger partial charge in [0.25, 0.3) is 0 Å². The first kappa shape index (κ1) is 13.5. The Labute approximate surface area is 121 Å². The third-order valence-corrected chi connectivity index (χ3v) is 3.59. The van der Waals surface area contributed by atoms with Crippen LogP contribution in [0.1, 0.15) is 31.9 Å². The Hall–Kier alpha value is -2.44. The van der Waals surface area contributed by atoms with Gasteiger partial charge in [-0.05, 0) is 18.1 Å². The molecule has 2 aromatic rings. The van der Waals surface area contributed by atoms with E-state index in [4.69, 9.17) is 0 Å². The summed E-state index contributed by atoms with van der Waals surface area (Å²) in [5.74, 6) is 0.612. The van der Waals surface area contributed by atoms with Crippen LogP contribution in [0.5, 0.6) is 0 Å². The topological polar surface area (TPSA) is 80.1 Å². The highest BCUT2D eigenvalue weighted by Crippen LogP contribution is 2.27. The van der Waals surface area contributed by atoms with Crippen LogP contribution >= 0.6 is 0 Å². The Bertz CT molecular complexity index is 734. The van der Waals surface area contributed by atoms with Crippen molar-refractivity contribution in [1.29, 1.82) is 0 Å². The average molecular weight is 287 g/mol. The van der Waals surface area contributed by atoms with Gasteiger partial charge >= 0.3 is 6.03 Å². The summed E-state index contributed by atoms with van der Waals surface area (Å²) >= 11 is 0. The van der Waals surface area contributed by atoms with Gasteiger partial charge in [0.05, 0.1) is 5.39 Å². The molecule has 1 saturated heterocycles. The van der Waals surface area contributed by atoms with Gasteiger partial charge in [-0.15, -0.1) is 0 Å². The predicted octanol–water partition coefficient (Wildman–Crippen LogP) is 1.54. The fourth-order valence-corrected chi connectivity index (χ4v) is 2.41. The molecule has 0 spiro atoms. The lowest BCUT2D eigenvalue weighted by atomic mass is 10.1. The van der Waals surface area contributed by atoms with Gasteiger partial charge in [0.15, 0.2) is 11.5 Å². The molecular formula is C14H17N5O2. The number of carbonyl (C=O) groups is 2. The number of fused-ring (bicyclic) bond motifs is 1. The number of nitrogens with one attached hydrogen (secondary N) is 1. The van der Waals surface area contributed by atoms with Crippen molar-refractivity contribution in [1.82, 2.24) is 20.1 Å². The van der Waals surface area contributed by atoms with Crippen molar-refractivity contribution < 1.29 is 9.59 Å². The van der Waals surface area contributed by atoms with Gasteiger partial charge in [-0.1, -0.05) is 13.8 Å². The predicted molar refractivity (Wildman–Crippen MR) is 78.1 cm³/mol. The lowest BCUT2D eigenvalue weighted by Gasteiger charge is -2.24. The number of imide groups is 1. The maximum Gasteiger partial charge on any atom is 0.329 e. The van der Waals surface area contributed by atoms with Crippen molar-refractivity contribution in [2.24, 2.45) is 7.05 Å². The van der Waals surface area contributed by atoms with E-state index < -0.39 is 6.03 Å². The zero-order valence-electron chi connectivity index (χ0n) is 12.3. The number of nitrogens with zero attached hydrogens (tertiary/aromatic N) is 4. The SMILES string of the molecule is CC(C)c1ccc2c(N3CCC(=O)NC3=O)nn(C)c2n1. The molecule has 3 heterocycles. The largest absolute Gasteiger partial charge is 0.329 e. The number of hydrogen-bond donors (Lipinski definition) is 1. The third-order valence-electron chi connectivity index (χ3n) is 3.59. The van der Waals surface area contributed by atoms with E-state index in [1.807, 2.05) is 12.1 Å². The Morgan fingerprint density at radius 2 is 2.05 bits per heavy atom. The monoisotopic (exact) mass is 287 g/mol. The van der Waals surface area contributed by atoms with Crippen LogP contribution in [-0.2, 0) is 11.8 Å². The summed E-state index contributed by atoms with van der Waals surface area (Å²) in [4.78, 5) is 29.3. The molecule has 7 heteroatoms. The van der Waals surface area contributed by atoms with E-state index in [-0.39, 0.29) is 12.3 Å². The van der Waals surface area contributed by atoms with Crippen molar-refractivity contribution in [3.8, 4) is 0 Å².